The van der Waals surface area contributed by atoms with Crippen LogP contribution in [0.25, 0.3) is 0 Å². The summed E-state index contributed by atoms with van der Waals surface area (Å²) in [6, 6.07) is 0. The molecule has 0 bridgehead atoms. The van der Waals surface area contributed by atoms with Crippen molar-refractivity contribution in [1.29, 1.82) is 0 Å². The zero-order chi connectivity index (χ0) is 13.7. The van der Waals surface area contributed by atoms with Crippen molar-refractivity contribution in [3.63, 3.8) is 0 Å². The van der Waals surface area contributed by atoms with Gasteiger partial charge in [-0.2, -0.15) is 0 Å². The van der Waals surface area contributed by atoms with Gasteiger partial charge in [0, 0.05) is 19.8 Å². The smallest absolute Gasteiger partial charge is 0.307 e. The highest BCUT2D eigenvalue weighted by molar-refractivity contribution is 5.67. The fourth-order valence-electron chi connectivity index (χ4n) is 2.19. The third-order valence-electron chi connectivity index (χ3n) is 3.18. The SMILES string of the molecule is CC(=O)OC=C(C)[C@H]1CC[C@@H](C)C1=COC(C)=O. The predicted octanol–water partition coefficient (Wildman–Crippen LogP) is 2.95. The van der Waals surface area contributed by atoms with Crippen molar-refractivity contribution < 1.29 is 19.1 Å². The summed E-state index contributed by atoms with van der Waals surface area (Å²) in [6.45, 7) is 6.78. The Balaban J connectivity index is 2.80. The summed E-state index contributed by atoms with van der Waals surface area (Å²) in [5, 5.41) is 0. The van der Waals surface area contributed by atoms with Gasteiger partial charge in [-0.1, -0.05) is 6.92 Å². The predicted molar refractivity (Wildman–Crippen MR) is 67.3 cm³/mol. The summed E-state index contributed by atoms with van der Waals surface area (Å²) in [5.74, 6) is -0.0680. The minimum atomic E-state index is -0.328. The number of carbonyl (C=O) groups is 2. The molecule has 0 aromatic rings. The number of ether oxygens (including phenoxy) is 2. The van der Waals surface area contributed by atoms with Crippen LogP contribution >= 0.6 is 0 Å². The molecule has 0 amide bonds. The molecule has 1 aliphatic carbocycles. The molecular weight excluding hydrogens is 232 g/mol. The lowest BCUT2D eigenvalue weighted by atomic mass is 9.93. The van der Waals surface area contributed by atoms with Crippen LogP contribution in [0.2, 0.25) is 0 Å². The minimum Gasteiger partial charge on any atom is -0.435 e. The number of carbonyl (C=O) groups excluding carboxylic acids is 2. The Morgan fingerprint density at radius 3 is 2.28 bits per heavy atom. The van der Waals surface area contributed by atoms with E-state index in [0.29, 0.717) is 5.92 Å². The first-order chi connectivity index (χ1) is 8.41. The van der Waals surface area contributed by atoms with Crippen molar-refractivity contribution in [1.82, 2.24) is 0 Å². The van der Waals surface area contributed by atoms with E-state index in [1.165, 1.54) is 20.1 Å². The molecule has 0 heterocycles. The maximum absolute atomic E-state index is 10.8. The average molecular weight is 252 g/mol. The third kappa shape index (κ3) is 4.02. The summed E-state index contributed by atoms with van der Waals surface area (Å²) in [7, 11) is 0. The molecule has 1 fully saturated rings. The van der Waals surface area contributed by atoms with Gasteiger partial charge in [-0.05, 0) is 36.8 Å². The second-order valence-corrected chi connectivity index (χ2v) is 4.73. The molecule has 0 aromatic heterocycles. The molecule has 0 unspecified atom stereocenters. The highest BCUT2D eigenvalue weighted by Crippen LogP contribution is 2.40. The highest BCUT2D eigenvalue weighted by atomic mass is 16.5. The quantitative estimate of drug-likeness (QED) is 0.572. The topological polar surface area (TPSA) is 52.6 Å². The molecule has 4 nitrogen and oxygen atoms in total. The molecule has 4 heteroatoms. The molecule has 1 aliphatic rings. The van der Waals surface area contributed by atoms with Crippen LogP contribution in [-0.2, 0) is 19.1 Å². The van der Waals surface area contributed by atoms with E-state index in [0.717, 1.165) is 24.0 Å². The fourth-order valence-corrected chi connectivity index (χ4v) is 2.19. The van der Waals surface area contributed by atoms with Crippen LogP contribution in [0, 0.1) is 11.8 Å². The maximum atomic E-state index is 10.8. The zero-order valence-electron chi connectivity index (χ0n) is 11.4. The second-order valence-electron chi connectivity index (χ2n) is 4.73. The number of esters is 2. The molecule has 0 aliphatic heterocycles. The average Bonchev–Trinajstić information content (AvgIpc) is 2.64. The molecule has 1 rings (SSSR count). The van der Waals surface area contributed by atoms with Crippen molar-refractivity contribution in [3.05, 3.63) is 23.7 Å². The zero-order valence-corrected chi connectivity index (χ0v) is 11.4. The third-order valence-corrected chi connectivity index (χ3v) is 3.18. The van der Waals surface area contributed by atoms with Crippen molar-refractivity contribution in [3.8, 4) is 0 Å². The summed E-state index contributed by atoms with van der Waals surface area (Å²) >= 11 is 0. The van der Waals surface area contributed by atoms with Crippen LogP contribution < -0.4 is 0 Å². The fraction of sp³-hybridized carbons (Fsp3) is 0.571. The molecule has 18 heavy (non-hydrogen) atoms. The lowest BCUT2D eigenvalue weighted by molar-refractivity contribution is -0.136. The van der Waals surface area contributed by atoms with Crippen LogP contribution in [0.3, 0.4) is 0 Å². The first kappa shape index (κ1) is 14.5. The van der Waals surface area contributed by atoms with Gasteiger partial charge in [0.2, 0.25) is 0 Å². The molecule has 0 N–H and O–H groups in total. The molecule has 0 spiro atoms. The largest absolute Gasteiger partial charge is 0.435 e. The van der Waals surface area contributed by atoms with Gasteiger partial charge in [0.15, 0.2) is 0 Å². The van der Waals surface area contributed by atoms with Gasteiger partial charge in [0.05, 0.1) is 12.5 Å². The molecule has 0 saturated heterocycles. The van der Waals surface area contributed by atoms with Crippen molar-refractivity contribution in [2.24, 2.45) is 11.8 Å². The summed E-state index contributed by atoms with van der Waals surface area (Å²) < 4.78 is 9.86. The van der Waals surface area contributed by atoms with Crippen molar-refractivity contribution in [2.45, 2.75) is 40.5 Å². The summed E-state index contributed by atoms with van der Waals surface area (Å²) in [4.78, 5) is 21.6. The Morgan fingerprint density at radius 2 is 1.72 bits per heavy atom. The van der Waals surface area contributed by atoms with E-state index in [4.69, 9.17) is 9.47 Å². The van der Waals surface area contributed by atoms with Gasteiger partial charge in [0.1, 0.15) is 0 Å². The number of allylic oxidation sites excluding steroid dienone is 2. The maximum Gasteiger partial charge on any atom is 0.307 e. The normalized spacial score (nSPS) is 26.2. The van der Waals surface area contributed by atoms with Gasteiger partial charge in [-0.3, -0.25) is 9.59 Å². The standard InChI is InChI=1S/C14H20O4/c1-9-5-6-13(10(2)7-17-11(3)15)14(9)8-18-12(4)16/h7-9,13H,5-6H2,1-4H3/t9-,13-/m1/s1. The molecule has 0 aromatic carbocycles. The first-order valence-corrected chi connectivity index (χ1v) is 6.13. The summed E-state index contributed by atoms with van der Waals surface area (Å²) in [6.07, 6.45) is 5.07. The van der Waals surface area contributed by atoms with Gasteiger partial charge in [-0.25, -0.2) is 0 Å². The minimum absolute atomic E-state index is 0.193. The molecule has 1 saturated carbocycles. The number of hydrogen-bond donors (Lipinski definition) is 0. The Morgan fingerprint density at radius 1 is 1.11 bits per heavy atom. The van der Waals surface area contributed by atoms with E-state index in [9.17, 15) is 9.59 Å². The van der Waals surface area contributed by atoms with E-state index in [1.54, 1.807) is 6.26 Å². The molecule has 0 radical (unpaired) electrons. The Bertz CT molecular complexity index is 393. The highest BCUT2D eigenvalue weighted by Gasteiger charge is 2.29. The molecule has 2 atom stereocenters. The van der Waals surface area contributed by atoms with Gasteiger partial charge in [-0.15, -0.1) is 0 Å². The number of hydrogen-bond acceptors (Lipinski definition) is 4. The van der Waals surface area contributed by atoms with E-state index in [2.05, 4.69) is 6.92 Å². The van der Waals surface area contributed by atoms with E-state index < -0.39 is 0 Å². The first-order valence-electron chi connectivity index (χ1n) is 6.13. The Hall–Kier alpha value is -1.58. The van der Waals surface area contributed by atoms with E-state index in [1.807, 2.05) is 6.92 Å². The van der Waals surface area contributed by atoms with Crippen LogP contribution in [-0.4, -0.2) is 11.9 Å². The van der Waals surface area contributed by atoms with E-state index >= 15 is 0 Å². The second kappa shape index (κ2) is 6.38. The number of rotatable bonds is 3. The van der Waals surface area contributed by atoms with Gasteiger partial charge >= 0.3 is 11.9 Å². The lowest BCUT2D eigenvalue weighted by Crippen LogP contribution is -2.05. The van der Waals surface area contributed by atoms with Gasteiger partial charge in [0.25, 0.3) is 0 Å². The lowest BCUT2D eigenvalue weighted by Gasteiger charge is -2.14. The van der Waals surface area contributed by atoms with Crippen molar-refractivity contribution in [2.75, 3.05) is 0 Å². The van der Waals surface area contributed by atoms with Crippen LogP contribution in [0.15, 0.2) is 23.7 Å². The van der Waals surface area contributed by atoms with Crippen LogP contribution in [0.1, 0.15) is 40.5 Å². The van der Waals surface area contributed by atoms with E-state index in [-0.39, 0.29) is 17.9 Å². The monoisotopic (exact) mass is 252 g/mol. The molecular formula is C14H20O4. The molecule has 100 valence electrons. The Labute approximate surface area is 108 Å². The van der Waals surface area contributed by atoms with Crippen LogP contribution in [0.5, 0.6) is 0 Å². The van der Waals surface area contributed by atoms with Crippen LogP contribution in [0.4, 0.5) is 0 Å². The van der Waals surface area contributed by atoms with Gasteiger partial charge < -0.3 is 9.47 Å². The Kier molecular flexibility index (Phi) is 5.13. The summed E-state index contributed by atoms with van der Waals surface area (Å²) in [5.41, 5.74) is 2.07. The van der Waals surface area contributed by atoms with Crippen molar-refractivity contribution >= 4 is 11.9 Å².